The smallest absolute Gasteiger partial charge is 0.127 e. The molecular formula is C14H16N4O. The molecule has 0 radical (unpaired) electrons. The summed E-state index contributed by atoms with van der Waals surface area (Å²) in [6.07, 6.45) is 5.34. The highest BCUT2D eigenvalue weighted by Crippen LogP contribution is 2.34. The zero-order valence-electron chi connectivity index (χ0n) is 10.5. The summed E-state index contributed by atoms with van der Waals surface area (Å²) in [5, 5.41) is 0. The van der Waals surface area contributed by atoms with Crippen molar-refractivity contribution in [1.82, 2.24) is 15.4 Å². The molecule has 0 aliphatic carbocycles. The number of hydrogen-bond donors (Lipinski definition) is 2. The highest BCUT2D eigenvalue weighted by atomic mass is 16.5. The first-order valence-corrected chi connectivity index (χ1v) is 6.37. The Kier molecular flexibility index (Phi) is 3.39. The van der Waals surface area contributed by atoms with Gasteiger partial charge in [-0.25, -0.2) is 15.4 Å². The molecule has 5 heteroatoms. The Morgan fingerprint density at radius 2 is 2.26 bits per heavy atom. The van der Waals surface area contributed by atoms with Crippen molar-refractivity contribution < 1.29 is 4.74 Å². The second-order valence-corrected chi connectivity index (χ2v) is 4.52. The van der Waals surface area contributed by atoms with Gasteiger partial charge in [0.2, 0.25) is 0 Å². The minimum absolute atomic E-state index is 0.184. The highest BCUT2D eigenvalue weighted by Gasteiger charge is 2.22. The maximum atomic E-state index is 5.82. The van der Waals surface area contributed by atoms with Crippen LogP contribution < -0.4 is 16.0 Å². The van der Waals surface area contributed by atoms with Crippen molar-refractivity contribution >= 4 is 0 Å². The molecule has 2 heterocycles. The van der Waals surface area contributed by atoms with Gasteiger partial charge < -0.3 is 4.74 Å². The second kappa shape index (κ2) is 5.34. The van der Waals surface area contributed by atoms with E-state index in [1.54, 1.807) is 6.20 Å². The Balaban J connectivity index is 2.05. The van der Waals surface area contributed by atoms with Crippen molar-refractivity contribution in [1.29, 1.82) is 0 Å². The average molecular weight is 256 g/mol. The van der Waals surface area contributed by atoms with Gasteiger partial charge in [-0.15, -0.1) is 0 Å². The lowest BCUT2D eigenvalue weighted by atomic mass is 9.96. The van der Waals surface area contributed by atoms with Crippen molar-refractivity contribution in [2.75, 3.05) is 6.61 Å². The van der Waals surface area contributed by atoms with Crippen LogP contribution in [0, 0.1) is 0 Å². The number of benzene rings is 1. The molecular weight excluding hydrogens is 240 g/mol. The molecule has 1 aromatic carbocycles. The normalized spacial score (nSPS) is 15.4. The molecule has 3 N–H and O–H groups in total. The average Bonchev–Trinajstić information content (AvgIpc) is 2.49. The van der Waals surface area contributed by atoms with E-state index in [-0.39, 0.29) is 6.04 Å². The van der Waals surface area contributed by atoms with Crippen molar-refractivity contribution in [2.45, 2.75) is 18.9 Å². The summed E-state index contributed by atoms with van der Waals surface area (Å²) in [6.45, 7) is 0.755. The molecule has 0 fully saturated rings. The zero-order valence-corrected chi connectivity index (χ0v) is 10.5. The second-order valence-electron chi connectivity index (χ2n) is 4.52. The van der Waals surface area contributed by atoms with Gasteiger partial charge >= 0.3 is 0 Å². The third-order valence-electron chi connectivity index (χ3n) is 3.34. The quantitative estimate of drug-likeness (QED) is 0.640. The number of ether oxygens (including phenoxy) is 1. The lowest BCUT2D eigenvalue weighted by Crippen LogP contribution is -2.30. The predicted octanol–water partition coefficient (Wildman–Crippen LogP) is 1.35. The molecule has 0 amide bonds. The molecule has 1 aliphatic rings. The predicted molar refractivity (Wildman–Crippen MR) is 71.5 cm³/mol. The molecule has 1 aromatic heterocycles. The Labute approximate surface area is 111 Å². The van der Waals surface area contributed by atoms with Crippen LogP contribution >= 0.6 is 0 Å². The highest BCUT2D eigenvalue weighted by molar-refractivity contribution is 5.46. The molecule has 0 saturated heterocycles. The monoisotopic (exact) mass is 256 g/mol. The number of aryl methyl sites for hydroxylation is 1. The number of aromatic nitrogens is 2. The van der Waals surface area contributed by atoms with Gasteiger partial charge in [0.25, 0.3) is 0 Å². The van der Waals surface area contributed by atoms with E-state index in [1.807, 2.05) is 18.2 Å². The summed E-state index contributed by atoms with van der Waals surface area (Å²) in [4.78, 5) is 8.20. The Morgan fingerprint density at radius 1 is 1.32 bits per heavy atom. The fraction of sp³-hybridized carbons (Fsp3) is 0.286. The number of fused-ring (bicyclic) bond motifs is 1. The molecule has 0 bridgehead atoms. The van der Waals surface area contributed by atoms with E-state index in [1.165, 1.54) is 11.9 Å². The summed E-state index contributed by atoms with van der Waals surface area (Å²) in [6, 6.07) is 7.83. The number of nitrogens with zero attached hydrogens (tertiary/aromatic N) is 2. The van der Waals surface area contributed by atoms with Crippen molar-refractivity contribution in [3.63, 3.8) is 0 Å². The van der Waals surface area contributed by atoms with Gasteiger partial charge in [-0.05, 0) is 24.5 Å². The molecule has 1 unspecified atom stereocenters. The number of nitrogens with two attached hydrogens (primary N) is 1. The van der Waals surface area contributed by atoms with Crippen LogP contribution in [-0.4, -0.2) is 16.6 Å². The van der Waals surface area contributed by atoms with Crippen LogP contribution in [0.25, 0.3) is 0 Å². The van der Waals surface area contributed by atoms with E-state index in [4.69, 9.17) is 10.6 Å². The summed E-state index contributed by atoms with van der Waals surface area (Å²) >= 11 is 0. The number of hydrogen-bond acceptors (Lipinski definition) is 5. The van der Waals surface area contributed by atoms with E-state index >= 15 is 0 Å². The maximum absolute atomic E-state index is 5.82. The maximum Gasteiger partial charge on any atom is 0.127 e. The Bertz CT molecular complexity index is 559. The lowest BCUT2D eigenvalue weighted by Gasteiger charge is -2.24. The number of hydrazine groups is 1. The van der Waals surface area contributed by atoms with E-state index in [0.717, 1.165) is 36.5 Å². The number of para-hydroxylation sites is 1. The molecule has 0 saturated carbocycles. The van der Waals surface area contributed by atoms with E-state index < -0.39 is 0 Å². The standard InChI is InChI=1S/C14H16N4O/c15-18-13(12-6-7-16-9-17-12)11-5-1-3-10-4-2-8-19-14(10)11/h1,3,5-7,9,13,18H,2,4,8,15H2. The first-order valence-electron chi connectivity index (χ1n) is 6.37. The molecule has 2 aromatic rings. The fourth-order valence-corrected chi connectivity index (χ4v) is 2.45. The lowest BCUT2D eigenvalue weighted by molar-refractivity contribution is 0.283. The summed E-state index contributed by atoms with van der Waals surface area (Å²) < 4.78 is 5.82. The van der Waals surface area contributed by atoms with Gasteiger partial charge in [0.05, 0.1) is 18.3 Å². The van der Waals surface area contributed by atoms with Crippen molar-refractivity contribution in [2.24, 2.45) is 5.84 Å². The zero-order chi connectivity index (χ0) is 13.1. The third kappa shape index (κ3) is 2.30. The first-order chi connectivity index (χ1) is 9.40. The van der Waals surface area contributed by atoms with Gasteiger partial charge in [-0.3, -0.25) is 5.84 Å². The van der Waals surface area contributed by atoms with Crippen molar-refractivity contribution in [3.05, 3.63) is 53.6 Å². The fourth-order valence-electron chi connectivity index (χ4n) is 2.45. The van der Waals surface area contributed by atoms with E-state index in [0.29, 0.717) is 0 Å². The van der Waals surface area contributed by atoms with E-state index in [2.05, 4.69) is 21.5 Å². The Morgan fingerprint density at radius 3 is 3.05 bits per heavy atom. The van der Waals surface area contributed by atoms with Crippen LogP contribution in [0.15, 0.2) is 36.8 Å². The molecule has 5 nitrogen and oxygen atoms in total. The number of rotatable bonds is 3. The van der Waals surface area contributed by atoms with Crippen LogP contribution in [0.3, 0.4) is 0 Å². The largest absolute Gasteiger partial charge is 0.493 e. The molecule has 98 valence electrons. The van der Waals surface area contributed by atoms with Crippen LogP contribution in [0.2, 0.25) is 0 Å². The van der Waals surface area contributed by atoms with E-state index in [9.17, 15) is 0 Å². The SMILES string of the molecule is NNC(c1ccncn1)c1cccc2c1OCCC2. The molecule has 3 rings (SSSR count). The Hall–Kier alpha value is -1.98. The van der Waals surface area contributed by atoms with Crippen LogP contribution in [-0.2, 0) is 6.42 Å². The van der Waals surface area contributed by atoms with Gasteiger partial charge in [0.1, 0.15) is 12.1 Å². The summed E-state index contributed by atoms with van der Waals surface area (Å²) in [7, 11) is 0. The van der Waals surface area contributed by atoms with Gasteiger partial charge in [0, 0.05) is 11.8 Å². The topological polar surface area (TPSA) is 73.1 Å². The first kappa shape index (κ1) is 12.1. The summed E-state index contributed by atoms with van der Waals surface area (Å²) in [5.41, 5.74) is 5.91. The van der Waals surface area contributed by atoms with Crippen LogP contribution in [0.1, 0.15) is 29.3 Å². The van der Waals surface area contributed by atoms with Crippen LogP contribution in [0.4, 0.5) is 0 Å². The molecule has 19 heavy (non-hydrogen) atoms. The minimum atomic E-state index is -0.184. The van der Waals surface area contributed by atoms with Crippen molar-refractivity contribution in [3.8, 4) is 5.75 Å². The summed E-state index contributed by atoms with van der Waals surface area (Å²) in [5.74, 6) is 6.64. The molecule has 0 spiro atoms. The third-order valence-corrected chi connectivity index (χ3v) is 3.34. The van der Waals surface area contributed by atoms with Gasteiger partial charge in [-0.1, -0.05) is 18.2 Å². The minimum Gasteiger partial charge on any atom is -0.493 e. The van der Waals surface area contributed by atoms with Crippen LogP contribution in [0.5, 0.6) is 5.75 Å². The van der Waals surface area contributed by atoms with Gasteiger partial charge in [-0.2, -0.15) is 0 Å². The molecule has 1 atom stereocenters. The number of nitrogens with one attached hydrogen (secondary N) is 1. The molecule has 1 aliphatic heterocycles. The van der Waals surface area contributed by atoms with Gasteiger partial charge in [0.15, 0.2) is 0 Å².